The molecule has 0 atom stereocenters. The number of phenols is 1. The molecule has 6 heteroatoms. The van der Waals surface area contributed by atoms with Gasteiger partial charge in [-0.1, -0.05) is 12.8 Å². The molecule has 1 aromatic heterocycles. The number of ether oxygens (including phenoxy) is 2. The second-order valence-electron chi connectivity index (χ2n) is 5.62. The molecule has 122 valence electrons. The van der Waals surface area contributed by atoms with Crippen molar-refractivity contribution in [3.05, 3.63) is 39.8 Å². The number of benzene rings is 1. The number of carbonyl (C=O) groups is 1. The van der Waals surface area contributed by atoms with Crippen molar-refractivity contribution in [2.24, 2.45) is 0 Å². The van der Waals surface area contributed by atoms with Crippen molar-refractivity contribution in [2.45, 2.75) is 38.2 Å². The Bertz CT molecular complexity index is 692. The van der Waals surface area contributed by atoms with Gasteiger partial charge in [0.1, 0.15) is 23.7 Å². The smallest absolute Gasteiger partial charge is 0.342 e. The monoisotopic (exact) mass is 333 g/mol. The van der Waals surface area contributed by atoms with Gasteiger partial charge in [0, 0.05) is 11.3 Å². The first-order valence-electron chi connectivity index (χ1n) is 7.66. The Balaban J connectivity index is 1.62. The van der Waals surface area contributed by atoms with Crippen LogP contribution in [0.3, 0.4) is 0 Å². The molecular formula is C17H19NO4S. The third kappa shape index (κ3) is 3.64. The first kappa shape index (κ1) is 15.8. The van der Waals surface area contributed by atoms with Gasteiger partial charge >= 0.3 is 5.97 Å². The van der Waals surface area contributed by atoms with E-state index in [1.54, 1.807) is 17.4 Å². The van der Waals surface area contributed by atoms with Crippen LogP contribution in [-0.4, -0.2) is 23.2 Å². The number of aromatic hydroxyl groups is 1. The zero-order chi connectivity index (χ0) is 16.2. The third-order valence-electron chi connectivity index (χ3n) is 4.05. The molecule has 5 nitrogen and oxygen atoms in total. The predicted octanol–water partition coefficient (Wildman–Crippen LogP) is 3.87. The summed E-state index contributed by atoms with van der Waals surface area (Å²) in [6, 6.07) is 4.46. The van der Waals surface area contributed by atoms with Crippen LogP contribution in [0, 0.1) is 0 Å². The average molecular weight is 333 g/mol. The second kappa shape index (κ2) is 7.00. The van der Waals surface area contributed by atoms with Gasteiger partial charge in [-0.25, -0.2) is 9.78 Å². The zero-order valence-electron chi connectivity index (χ0n) is 12.9. The highest BCUT2D eigenvalue weighted by molar-refractivity contribution is 7.09. The number of hydrogen-bond donors (Lipinski definition) is 1. The first-order valence-corrected chi connectivity index (χ1v) is 8.54. The van der Waals surface area contributed by atoms with E-state index in [-0.39, 0.29) is 17.9 Å². The van der Waals surface area contributed by atoms with Crippen LogP contribution >= 0.6 is 11.3 Å². The van der Waals surface area contributed by atoms with Gasteiger partial charge in [-0.05, 0) is 31.0 Å². The van der Waals surface area contributed by atoms with E-state index in [9.17, 15) is 9.90 Å². The number of carbonyl (C=O) groups excluding carboxylic acids is 1. The van der Waals surface area contributed by atoms with Crippen LogP contribution in [0.2, 0.25) is 0 Å². The Kier molecular flexibility index (Phi) is 4.81. The first-order chi connectivity index (χ1) is 11.2. The molecule has 0 saturated heterocycles. The number of esters is 1. The van der Waals surface area contributed by atoms with E-state index in [1.165, 1.54) is 44.9 Å². The van der Waals surface area contributed by atoms with Crippen LogP contribution in [0.1, 0.15) is 52.7 Å². The van der Waals surface area contributed by atoms with Crippen molar-refractivity contribution >= 4 is 17.3 Å². The average Bonchev–Trinajstić information content (AvgIpc) is 3.24. The second-order valence-corrected chi connectivity index (χ2v) is 6.51. The lowest BCUT2D eigenvalue weighted by molar-refractivity contribution is 0.0464. The summed E-state index contributed by atoms with van der Waals surface area (Å²) in [4.78, 5) is 16.7. The van der Waals surface area contributed by atoms with E-state index in [4.69, 9.17) is 9.47 Å². The third-order valence-corrected chi connectivity index (χ3v) is 5.10. The summed E-state index contributed by atoms with van der Waals surface area (Å²) in [5.74, 6) is 0.344. The summed E-state index contributed by atoms with van der Waals surface area (Å²) in [5.41, 5.74) is 0.850. The lowest BCUT2D eigenvalue weighted by Gasteiger charge is -2.07. The van der Waals surface area contributed by atoms with E-state index in [0.717, 1.165) is 10.7 Å². The van der Waals surface area contributed by atoms with E-state index < -0.39 is 5.97 Å². The highest BCUT2D eigenvalue weighted by Crippen LogP contribution is 2.35. The minimum absolute atomic E-state index is 0.0931. The number of phenolic OH excluding ortho intramolecular Hbond substituents is 1. The molecule has 1 fully saturated rings. The van der Waals surface area contributed by atoms with E-state index in [1.807, 2.05) is 5.38 Å². The summed E-state index contributed by atoms with van der Waals surface area (Å²) in [7, 11) is 1.50. The van der Waals surface area contributed by atoms with Gasteiger partial charge in [-0.2, -0.15) is 0 Å². The van der Waals surface area contributed by atoms with Gasteiger partial charge < -0.3 is 14.6 Å². The molecule has 1 N–H and O–H groups in total. The largest absolute Gasteiger partial charge is 0.507 e. The van der Waals surface area contributed by atoms with Crippen molar-refractivity contribution in [1.82, 2.24) is 4.98 Å². The molecule has 0 unspecified atom stereocenters. The lowest BCUT2D eigenvalue weighted by atomic mass is 10.1. The fourth-order valence-electron chi connectivity index (χ4n) is 2.77. The molecule has 1 aromatic carbocycles. The quantitative estimate of drug-likeness (QED) is 0.841. The Morgan fingerprint density at radius 3 is 2.91 bits per heavy atom. The molecule has 0 amide bonds. The number of methoxy groups -OCH3 is 1. The van der Waals surface area contributed by atoms with Crippen molar-refractivity contribution in [3.8, 4) is 11.5 Å². The molecule has 0 spiro atoms. The summed E-state index contributed by atoms with van der Waals surface area (Å²) in [6.07, 6.45) is 4.93. The Morgan fingerprint density at radius 1 is 1.39 bits per heavy atom. The van der Waals surface area contributed by atoms with Crippen molar-refractivity contribution < 1.29 is 19.4 Å². The molecule has 1 aliphatic rings. The van der Waals surface area contributed by atoms with Crippen LogP contribution in [0.15, 0.2) is 23.6 Å². The van der Waals surface area contributed by atoms with Gasteiger partial charge in [0.05, 0.1) is 17.8 Å². The van der Waals surface area contributed by atoms with Gasteiger partial charge in [0.15, 0.2) is 0 Å². The summed E-state index contributed by atoms with van der Waals surface area (Å²) >= 11 is 1.63. The fourth-order valence-corrected chi connectivity index (χ4v) is 3.75. The molecule has 0 radical (unpaired) electrons. The van der Waals surface area contributed by atoms with Crippen molar-refractivity contribution in [3.63, 3.8) is 0 Å². The summed E-state index contributed by atoms with van der Waals surface area (Å²) in [6.45, 7) is 0.110. The van der Waals surface area contributed by atoms with Crippen molar-refractivity contribution in [1.29, 1.82) is 0 Å². The van der Waals surface area contributed by atoms with Gasteiger partial charge in [0.25, 0.3) is 0 Å². The van der Waals surface area contributed by atoms with E-state index >= 15 is 0 Å². The number of aromatic nitrogens is 1. The SMILES string of the molecule is COc1ccc(O)c(C(=O)OCc2csc(C3CCCC3)n2)c1. The highest BCUT2D eigenvalue weighted by Gasteiger charge is 2.21. The molecule has 1 heterocycles. The summed E-state index contributed by atoms with van der Waals surface area (Å²) in [5, 5.41) is 12.8. The topological polar surface area (TPSA) is 68.7 Å². The molecule has 0 bridgehead atoms. The Hall–Kier alpha value is -2.08. The van der Waals surface area contributed by atoms with Gasteiger partial charge in [-0.3, -0.25) is 0 Å². The molecular weight excluding hydrogens is 314 g/mol. The number of thiazole rings is 1. The maximum atomic E-state index is 12.1. The van der Waals surface area contributed by atoms with Crippen molar-refractivity contribution in [2.75, 3.05) is 7.11 Å². The van der Waals surface area contributed by atoms with Crippen LogP contribution in [0.25, 0.3) is 0 Å². The Labute approximate surface area is 138 Å². The van der Waals surface area contributed by atoms with Crippen LogP contribution in [-0.2, 0) is 11.3 Å². The predicted molar refractivity (Wildman–Crippen MR) is 87.1 cm³/mol. The normalized spacial score (nSPS) is 14.8. The minimum Gasteiger partial charge on any atom is -0.507 e. The molecule has 0 aliphatic heterocycles. The molecule has 23 heavy (non-hydrogen) atoms. The van der Waals surface area contributed by atoms with Crippen LogP contribution < -0.4 is 4.74 Å². The zero-order valence-corrected chi connectivity index (χ0v) is 13.8. The highest BCUT2D eigenvalue weighted by atomic mass is 32.1. The number of hydrogen-bond acceptors (Lipinski definition) is 6. The van der Waals surface area contributed by atoms with Gasteiger partial charge in [0.2, 0.25) is 0 Å². The maximum Gasteiger partial charge on any atom is 0.342 e. The van der Waals surface area contributed by atoms with Crippen LogP contribution in [0.4, 0.5) is 0 Å². The van der Waals surface area contributed by atoms with E-state index in [0.29, 0.717) is 11.7 Å². The van der Waals surface area contributed by atoms with Gasteiger partial charge in [-0.15, -0.1) is 11.3 Å². The molecule has 1 saturated carbocycles. The lowest BCUT2D eigenvalue weighted by Crippen LogP contribution is -2.06. The van der Waals surface area contributed by atoms with E-state index in [2.05, 4.69) is 4.98 Å². The maximum absolute atomic E-state index is 12.1. The molecule has 1 aliphatic carbocycles. The number of rotatable bonds is 5. The Morgan fingerprint density at radius 2 is 2.17 bits per heavy atom. The minimum atomic E-state index is -0.586. The molecule has 3 rings (SSSR count). The fraction of sp³-hybridized carbons (Fsp3) is 0.412. The standard InChI is InChI=1S/C17H19NO4S/c1-21-13-6-7-15(19)14(8-13)17(20)22-9-12-10-23-16(18-12)11-4-2-3-5-11/h6-8,10-11,19H,2-5,9H2,1H3. The summed E-state index contributed by atoms with van der Waals surface area (Å²) < 4.78 is 10.3. The van der Waals surface area contributed by atoms with Crippen LogP contribution in [0.5, 0.6) is 11.5 Å². The number of nitrogens with zero attached hydrogens (tertiary/aromatic N) is 1. The molecule has 2 aromatic rings.